The molecule has 0 aliphatic rings. The molecule has 5 heteroatoms. The van der Waals surface area contributed by atoms with Crippen LogP contribution in [0.2, 0.25) is 0 Å². The molecule has 0 fully saturated rings. The first kappa shape index (κ1) is 14.6. The Hall–Kier alpha value is -1.46. The highest BCUT2D eigenvalue weighted by molar-refractivity contribution is 5.87. The van der Waals surface area contributed by atoms with E-state index in [4.69, 9.17) is 10.5 Å². The number of esters is 1. The molecule has 1 aromatic rings. The summed E-state index contributed by atoms with van der Waals surface area (Å²) >= 11 is 0. The van der Waals surface area contributed by atoms with Gasteiger partial charge in [-0.15, -0.1) is 0 Å². The Morgan fingerprint density at radius 3 is 2.94 bits per heavy atom. The summed E-state index contributed by atoms with van der Waals surface area (Å²) in [4.78, 5) is 15.5. The van der Waals surface area contributed by atoms with E-state index in [9.17, 15) is 4.79 Å². The number of nitrogens with zero attached hydrogens (tertiary/aromatic N) is 1. The number of aromatic nitrogens is 1. The molecule has 18 heavy (non-hydrogen) atoms. The maximum atomic E-state index is 11.3. The van der Waals surface area contributed by atoms with Crippen LogP contribution >= 0.6 is 0 Å². The summed E-state index contributed by atoms with van der Waals surface area (Å²) in [5, 5.41) is 0. The summed E-state index contributed by atoms with van der Waals surface area (Å²) in [7, 11) is 1.32. The maximum Gasteiger partial charge on any atom is 0.356 e. The Balaban J connectivity index is 2.57. The van der Waals surface area contributed by atoms with Gasteiger partial charge >= 0.3 is 5.97 Å². The summed E-state index contributed by atoms with van der Waals surface area (Å²) in [6, 6.07) is 4.78. The minimum absolute atomic E-state index is 0.263. The van der Waals surface area contributed by atoms with Crippen molar-refractivity contribution in [3.05, 3.63) is 29.6 Å². The first-order valence-corrected chi connectivity index (χ1v) is 6.07. The summed E-state index contributed by atoms with van der Waals surface area (Å²) in [6.07, 6.45) is 2.10. The second-order valence-corrected chi connectivity index (χ2v) is 3.97. The van der Waals surface area contributed by atoms with Gasteiger partial charge < -0.3 is 15.2 Å². The molecule has 0 bridgehead atoms. The van der Waals surface area contributed by atoms with Crippen LogP contribution in [0.1, 0.15) is 42.0 Å². The van der Waals surface area contributed by atoms with Crippen molar-refractivity contribution in [2.24, 2.45) is 5.73 Å². The van der Waals surface area contributed by atoms with E-state index < -0.39 is 5.97 Å². The lowest BCUT2D eigenvalue weighted by atomic mass is 10.2. The second-order valence-electron chi connectivity index (χ2n) is 3.97. The molecule has 1 atom stereocenters. The summed E-state index contributed by atoms with van der Waals surface area (Å²) in [5.41, 5.74) is 6.84. The molecule has 1 unspecified atom stereocenters. The summed E-state index contributed by atoms with van der Waals surface area (Å²) < 4.78 is 10.0. The molecule has 0 aliphatic carbocycles. The topological polar surface area (TPSA) is 74.4 Å². The number of hydrogen-bond donors (Lipinski definition) is 1. The molecule has 0 aromatic carbocycles. The van der Waals surface area contributed by atoms with Crippen molar-refractivity contribution in [2.75, 3.05) is 20.3 Å². The van der Waals surface area contributed by atoms with E-state index in [1.165, 1.54) is 7.11 Å². The minimum atomic E-state index is -0.462. The smallest absolute Gasteiger partial charge is 0.356 e. The lowest BCUT2D eigenvalue weighted by Crippen LogP contribution is -2.20. The lowest BCUT2D eigenvalue weighted by Gasteiger charge is -2.12. The second kappa shape index (κ2) is 7.79. The van der Waals surface area contributed by atoms with E-state index in [0.29, 0.717) is 18.9 Å². The van der Waals surface area contributed by atoms with Gasteiger partial charge in [-0.2, -0.15) is 0 Å². The SMILES string of the molecule is CCCCOCC(N)c1cccc(C(=O)OC)n1. The van der Waals surface area contributed by atoms with Crippen molar-refractivity contribution in [1.29, 1.82) is 0 Å². The largest absolute Gasteiger partial charge is 0.464 e. The van der Waals surface area contributed by atoms with E-state index >= 15 is 0 Å². The van der Waals surface area contributed by atoms with Gasteiger partial charge in [0.15, 0.2) is 0 Å². The van der Waals surface area contributed by atoms with Gasteiger partial charge in [0.25, 0.3) is 0 Å². The Morgan fingerprint density at radius 2 is 2.28 bits per heavy atom. The van der Waals surface area contributed by atoms with Gasteiger partial charge in [-0.05, 0) is 18.6 Å². The number of hydrogen-bond acceptors (Lipinski definition) is 5. The predicted octanol–water partition coefficient (Wildman–Crippen LogP) is 1.68. The number of ether oxygens (including phenoxy) is 2. The van der Waals surface area contributed by atoms with Crippen molar-refractivity contribution in [3.8, 4) is 0 Å². The van der Waals surface area contributed by atoms with Crippen molar-refractivity contribution < 1.29 is 14.3 Å². The third kappa shape index (κ3) is 4.43. The number of nitrogens with two attached hydrogens (primary N) is 1. The third-order valence-corrected chi connectivity index (χ3v) is 2.48. The Labute approximate surface area is 107 Å². The van der Waals surface area contributed by atoms with Crippen LogP contribution in [0, 0.1) is 0 Å². The van der Waals surface area contributed by atoms with Gasteiger partial charge in [0, 0.05) is 6.61 Å². The maximum absolute atomic E-state index is 11.3. The van der Waals surface area contributed by atoms with Crippen LogP contribution in [0.25, 0.3) is 0 Å². The zero-order valence-corrected chi connectivity index (χ0v) is 10.9. The molecule has 5 nitrogen and oxygen atoms in total. The van der Waals surface area contributed by atoms with Crippen LogP contribution in [0.5, 0.6) is 0 Å². The molecule has 0 aliphatic heterocycles. The van der Waals surface area contributed by atoms with Crippen LogP contribution in [0.15, 0.2) is 18.2 Å². The van der Waals surface area contributed by atoms with E-state index in [-0.39, 0.29) is 11.7 Å². The van der Waals surface area contributed by atoms with Crippen LogP contribution in [0.3, 0.4) is 0 Å². The summed E-state index contributed by atoms with van der Waals surface area (Å²) in [5.74, 6) is -0.462. The number of rotatable bonds is 7. The van der Waals surface area contributed by atoms with Crippen LogP contribution < -0.4 is 5.73 Å². The summed E-state index contributed by atoms with van der Waals surface area (Å²) in [6.45, 7) is 3.20. The minimum Gasteiger partial charge on any atom is -0.464 e. The highest BCUT2D eigenvalue weighted by Gasteiger charge is 2.12. The zero-order valence-electron chi connectivity index (χ0n) is 10.9. The van der Waals surface area contributed by atoms with Crippen molar-refractivity contribution in [1.82, 2.24) is 4.98 Å². The predicted molar refractivity (Wildman–Crippen MR) is 68.2 cm³/mol. The highest BCUT2D eigenvalue weighted by atomic mass is 16.5. The van der Waals surface area contributed by atoms with Gasteiger partial charge in [-0.25, -0.2) is 9.78 Å². The molecule has 100 valence electrons. The number of carbonyl (C=O) groups is 1. The Kier molecular flexibility index (Phi) is 6.32. The average molecular weight is 252 g/mol. The first-order chi connectivity index (χ1) is 8.69. The van der Waals surface area contributed by atoms with Crippen LogP contribution in [-0.4, -0.2) is 31.3 Å². The molecule has 0 saturated carbocycles. The number of carbonyl (C=O) groups excluding carboxylic acids is 1. The Morgan fingerprint density at radius 1 is 1.50 bits per heavy atom. The fourth-order valence-electron chi connectivity index (χ4n) is 1.42. The fraction of sp³-hybridized carbons (Fsp3) is 0.538. The van der Waals surface area contributed by atoms with Crippen molar-refractivity contribution in [3.63, 3.8) is 0 Å². The molecular formula is C13H20N2O3. The molecule has 0 amide bonds. The molecule has 1 aromatic heterocycles. The van der Waals surface area contributed by atoms with Crippen molar-refractivity contribution in [2.45, 2.75) is 25.8 Å². The van der Waals surface area contributed by atoms with Gasteiger partial charge in [-0.3, -0.25) is 0 Å². The van der Waals surface area contributed by atoms with E-state index in [1.54, 1.807) is 18.2 Å². The van der Waals surface area contributed by atoms with E-state index in [0.717, 1.165) is 12.8 Å². The molecule has 2 N–H and O–H groups in total. The zero-order chi connectivity index (χ0) is 13.4. The van der Waals surface area contributed by atoms with Crippen LogP contribution in [-0.2, 0) is 9.47 Å². The standard InChI is InChI=1S/C13H20N2O3/c1-3-4-8-18-9-10(14)11-6-5-7-12(15-11)13(16)17-2/h5-7,10H,3-4,8-9,14H2,1-2H3. The van der Waals surface area contributed by atoms with Crippen molar-refractivity contribution >= 4 is 5.97 Å². The molecule has 0 spiro atoms. The van der Waals surface area contributed by atoms with E-state index in [1.807, 2.05) is 0 Å². The quantitative estimate of drug-likeness (QED) is 0.590. The van der Waals surface area contributed by atoms with Gasteiger partial charge in [0.1, 0.15) is 5.69 Å². The molecular weight excluding hydrogens is 232 g/mol. The molecule has 1 heterocycles. The molecule has 1 rings (SSSR count). The fourth-order valence-corrected chi connectivity index (χ4v) is 1.42. The number of pyridine rings is 1. The van der Waals surface area contributed by atoms with Gasteiger partial charge in [0.05, 0.1) is 25.5 Å². The normalized spacial score (nSPS) is 12.2. The lowest BCUT2D eigenvalue weighted by molar-refractivity contribution is 0.0593. The number of methoxy groups -OCH3 is 1. The number of unbranched alkanes of at least 4 members (excludes halogenated alkanes) is 1. The molecule has 0 radical (unpaired) electrons. The van der Waals surface area contributed by atoms with Gasteiger partial charge in [0.2, 0.25) is 0 Å². The molecule has 0 saturated heterocycles. The Bertz CT molecular complexity index is 382. The first-order valence-electron chi connectivity index (χ1n) is 6.07. The average Bonchev–Trinajstić information content (AvgIpc) is 2.42. The van der Waals surface area contributed by atoms with Crippen LogP contribution in [0.4, 0.5) is 0 Å². The van der Waals surface area contributed by atoms with Gasteiger partial charge in [-0.1, -0.05) is 19.4 Å². The monoisotopic (exact) mass is 252 g/mol. The highest BCUT2D eigenvalue weighted by Crippen LogP contribution is 2.09. The van der Waals surface area contributed by atoms with E-state index in [2.05, 4.69) is 16.6 Å². The third-order valence-electron chi connectivity index (χ3n) is 2.48.